The van der Waals surface area contributed by atoms with Crippen molar-refractivity contribution >= 4 is 78.1 Å². The van der Waals surface area contributed by atoms with E-state index < -0.39 is 10.0 Å². The number of fused-ring (bicyclic) bond motifs is 1. The number of hydrogen-bond acceptors (Lipinski definition) is 5. The molecule has 0 saturated heterocycles. The van der Waals surface area contributed by atoms with Crippen LogP contribution >= 0.6 is 57.9 Å². The molecule has 5 nitrogen and oxygen atoms in total. The summed E-state index contributed by atoms with van der Waals surface area (Å²) in [5.41, 5.74) is 2.46. The first kappa shape index (κ1) is 25.6. The summed E-state index contributed by atoms with van der Waals surface area (Å²) in [5.74, 6) is 1.13. The number of sulfonamides is 1. The van der Waals surface area contributed by atoms with Crippen molar-refractivity contribution in [3.63, 3.8) is 0 Å². The lowest BCUT2D eigenvalue weighted by Gasteiger charge is -2.09. The summed E-state index contributed by atoms with van der Waals surface area (Å²) in [5, 5.41) is 1.81. The average Bonchev–Trinajstić information content (AvgIpc) is 3.11. The van der Waals surface area contributed by atoms with E-state index in [1.165, 1.54) is 17.8 Å². The van der Waals surface area contributed by atoms with Crippen molar-refractivity contribution in [2.24, 2.45) is 0 Å². The van der Waals surface area contributed by atoms with Crippen LogP contribution in [0.3, 0.4) is 0 Å². The Hall–Kier alpha value is -1.52. The summed E-state index contributed by atoms with van der Waals surface area (Å²) in [4.78, 5) is 12.5. The fourth-order valence-corrected chi connectivity index (χ4v) is 7.22. The molecule has 178 valence electrons. The molecule has 0 amide bonds. The van der Waals surface area contributed by atoms with E-state index >= 15 is 0 Å². The molecule has 11 heteroatoms. The molecule has 0 aliphatic heterocycles. The van der Waals surface area contributed by atoms with Crippen molar-refractivity contribution in [2.45, 2.75) is 17.2 Å². The molecule has 0 aliphatic carbocycles. The molecule has 0 radical (unpaired) electrons. The predicted octanol–water partition coefficient (Wildman–Crippen LogP) is 6.28. The Bertz CT molecular complexity index is 1460. The van der Waals surface area contributed by atoms with Crippen LogP contribution in [0.2, 0.25) is 15.1 Å². The Labute approximate surface area is 220 Å². The largest absolute Gasteiger partial charge is 0.308 e. The number of hydrogen-bond donors (Lipinski definition) is 1. The highest BCUT2D eigenvalue weighted by atomic mass is 35.5. The number of thioether (sulfide) groups is 1. The van der Waals surface area contributed by atoms with E-state index in [0.717, 1.165) is 22.5 Å². The Morgan fingerprint density at radius 3 is 2.38 bits per heavy atom. The van der Waals surface area contributed by atoms with Crippen LogP contribution in [0.1, 0.15) is 11.1 Å². The SMILES string of the molecule is O=c1sc2cc(S(=O)(=O)NCCSCc3c(Cl)cccc3Cl)ccc2n1Cc1ccc(Cl)cc1. The zero-order valence-corrected chi connectivity index (χ0v) is 22.3. The molecule has 0 bridgehead atoms. The van der Waals surface area contributed by atoms with Gasteiger partial charge < -0.3 is 0 Å². The quantitative estimate of drug-likeness (QED) is 0.239. The van der Waals surface area contributed by atoms with Crippen LogP contribution in [0.5, 0.6) is 0 Å². The summed E-state index contributed by atoms with van der Waals surface area (Å²) in [7, 11) is -3.72. The number of nitrogens with zero attached hydrogens (tertiary/aromatic N) is 1. The number of aromatic nitrogens is 1. The lowest BCUT2D eigenvalue weighted by Crippen LogP contribution is -2.26. The highest BCUT2D eigenvalue weighted by Crippen LogP contribution is 2.28. The van der Waals surface area contributed by atoms with Crippen molar-refractivity contribution in [3.8, 4) is 0 Å². The van der Waals surface area contributed by atoms with Gasteiger partial charge in [-0.2, -0.15) is 11.8 Å². The fraction of sp³-hybridized carbons (Fsp3) is 0.174. The third-order valence-corrected chi connectivity index (χ3v) is 9.40. The Balaban J connectivity index is 1.41. The molecule has 0 spiro atoms. The van der Waals surface area contributed by atoms with E-state index in [1.54, 1.807) is 47.0 Å². The van der Waals surface area contributed by atoms with Crippen LogP contribution < -0.4 is 9.60 Å². The second-order valence-corrected chi connectivity index (χ2v) is 12.5. The van der Waals surface area contributed by atoms with E-state index in [0.29, 0.717) is 43.3 Å². The monoisotopic (exact) mass is 572 g/mol. The molecular weight excluding hydrogens is 555 g/mol. The summed E-state index contributed by atoms with van der Waals surface area (Å²) in [6, 6.07) is 17.3. The lowest BCUT2D eigenvalue weighted by molar-refractivity contribution is 0.584. The standard InChI is InChI=1S/C23H19Cl3N2O3S3/c24-16-6-4-15(5-7-16)13-28-21-9-8-17(12-22(21)33-23(28)29)34(30,31)27-10-11-32-14-18-19(25)2-1-3-20(18)26/h1-9,12,27H,10-11,13-14H2. The van der Waals surface area contributed by atoms with Gasteiger partial charge in [-0.3, -0.25) is 9.36 Å². The van der Waals surface area contributed by atoms with Crippen LogP contribution in [-0.2, 0) is 22.3 Å². The van der Waals surface area contributed by atoms with E-state index in [-0.39, 0.29) is 16.3 Å². The Kier molecular flexibility index (Phi) is 8.30. The minimum atomic E-state index is -3.72. The molecule has 4 rings (SSSR count). The second-order valence-electron chi connectivity index (χ2n) is 7.36. The van der Waals surface area contributed by atoms with Crippen molar-refractivity contribution < 1.29 is 8.42 Å². The smallest absolute Gasteiger partial charge is 0.294 e. The van der Waals surface area contributed by atoms with Crippen LogP contribution in [0, 0.1) is 0 Å². The number of halogens is 3. The van der Waals surface area contributed by atoms with Gasteiger partial charge in [0.05, 0.1) is 21.7 Å². The third kappa shape index (κ3) is 5.99. The van der Waals surface area contributed by atoms with Crippen LogP contribution in [0.15, 0.2) is 70.4 Å². The van der Waals surface area contributed by atoms with Gasteiger partial charge in [0.1, 0.15) is 0 Å². The van der Waals surface area contributed by atoms with Crippen molar-refractivity contribution in [3.05, 3.63) is 96.5 Å². The minimum Gasteiger partial charge on any atom is -0.294 e. The van der Waals surface area contributed by atoms with Gasteiger partial charge in [0.15, 0.2) is 0 Å². The summed E-state index contributed by atoms with van der Waals surface area (Å²) >= 11 is 20.8. The van der Waals surface area contributed by atoms with Gasteiger partial charge >= 0.3 is 4.87 Å². The van der Waals surface area contributed by atoms with Crippen LogP contribution in [0.25, 0.3) is 10.2 Å². The molecule has 0 aliphatic rings. The molecule has 0 saturated carbocycles. The predicted molar refractivity (Wildman–Crippen MR) is 144 cm³/mol. The number of thiazole rings is 1. The fourth-order valence-electron chi connectivity index (χ4n) is 3.31. The highest BCUT2D eigenvalue weighted by Gasteiger charge is 2.17. The number of rotatable bonds is 9. The van der Waals surface area contributed by atoms with Crippen molar-refractivity contribution in [1.29, 1.82) is 0 Å². The normalized spacial score (nSPS) is 11.9. The molecular formula is C23H19Cl3N2O3S3. The van der Waals surface area contributed by atoms with Gasteiger partial charge in [-0.1, -0.05) is 64.3 Å². The molecule has 0 atom stereocenters. The summed E-state index contributed by atoms with van der Waals surface area (Å²) in [6.07, 6.45) is 0. The molecule has 34 heavy (non-hydrogen) atoms. The Morgan fingerprint density at radius 1 is 0.971 bits per heavy atom. The van der Waals surface area contributed by atoms with Gasteiger partial charge in [0.25, 0.3) is 0 Å². The topological polar surface area (TPSA) is 68.2 Å². The minimum absolute atomic E-state index is 0.124. The van der Waals surface area contributed by atoms with Gasteiger partial charge in [-0.25, -0.2) is 13.1 Å². The number of nitrogens with one attached hydrogen (secondary N) is 1. The lowest BCUT2D eigenvalue weighted by atomic mass is 10.2. The van der Waals surface area contributed by atoms with Crippen LogP contribution in [0.4, 0.5) is 0 Å². The first-order chi connectivity index (χ1) is 16.2. The van der Waals surface area contributed by atoms with Gasteiger partial charge in [-0.15, -0.1) is 0 Å². The first-order valence-electron chi connectivity index (χ1n) is 10.1. The van der Waals surface area contributed by atoms with E-state index in [2.05, 4.69) is 4.72 Å². The summed E-state index contributed by atoms with van der Waals surface area (Å²) in [6.45, 7) is 0.633. The maximum Gasteiger partial charge on any atom is 0.308 e. The van der Waals surface area contributed by atoms with Crippen molar-refractivity contribution in [2.75, 3.05) is 12.3 Å². The molecule has 4 aromatic rings. The second kappa shape index (κ2) is 11.0. The molecule has 3 aromatic carbocycles. The Morgan fingerprint density at radius 2 is 1.68 bits per heavy atom. The van der Waals surface area contributed by atoms with Crippen LogP contribution in [-0.4, -0.2) is 25.3 Å². The maximum absolute atomic E-state index is 12.8. The molecule has 0 unspecified atom stereocenters. The molecule has 1 aromatic heterocycles. The van der Waals surface area contributed by atoms with Gasteiger partial charge in [0.2, 0.25) is 10.0 Å². The highest BCUT2D eigenvalue weighted by molar-refractivity contribution is 7.98. The first-order valence-corrected chi connectivity index (χ1v) is 14.7. The molecule has 1 heterocycles. The van der Waals surface area contributed by atoms with E-state index in [9.17, 15) is 13.2 Å². The van der Waals surface area contributed by atoms with E-state index in [1.807, 2.05) is 12.1 Å². The third-order valence-electron chi connectivity index (χ3n) is 5.05. The van der Waals surface area contributed by atoms with E-state index in [4.69, 9.17) is 34.8 Å². The zero-order valence-electron chi connectivity index (χ0n) is 17.6. The summed E-state index contributed by atoms with van der Waals surface area (Å²) < 4.78 is 30.4. The molecule has 0 fully saturated rings. The average molecular weight is 574 g/mol. The van der Waals surface area contributed by atoms with Gasteiger partial charge in [0, 0.05) is 33.1 Å². The zero-order chi connectivity index (χ0) is 24.3. The van der Waals surface area contributed by atoms with Crippen molar-refractivity contribution in [1.82, 2.24) is 9.29 Å². The maximum atomic E-state index is 12.8. The molecule has 1 N–H and O–H groups in total. The van der Waals surface area contributed by atoms with Gasteiger partial charge in [-0.05, 0) is 53.6 Å². The number of benzene rings is 3.